The van der Waals surface area contributed by atoms with Gasteiger partial charge in [0.05, 0.1) is 29.7 Å². The van der Waals surface area contributed by atoms with Crippen molar-refractivity contribution in [3.05, 3.63) is 82.1 Å². The van der Waals surface area contributed by atoms with Gasteiger partial charge >= 0.3 is 6.09 Å². The van der Waals surface area contributed by atoms with Crippen molar-refractivity contribution in [2.75, 3.05) is 6.54 Å². The highest BCUT2D eigenvalue weighted by Gasteiger charge is 2.22. The smallest absolute Gasteiger partial charge is 0.407 e. The summed E-state index contributed by atoms with van der Waals surface area (Å²) < 4.78 is 21.4. The number of amides is 2. The predicted molar refractivity (Wildman–Crippen MR) is 152 cm³/mol. The molecule has 1 heterocycles. The van der Waals surface area contributed by atoms with Crippen molar-refractivity contribution in [1.82, 2.24) is 20.2 Å². The van der Waals surface area contributed by atoms with Crippen LogP contribution in [0, 0.1) is 18.7 Å². The maximum Gasteiger partial charge on any atom is 0.407 e. The molecule has 8 nitrogen and oxygen atoms in total. The van der Waals surface area contributed by atoms with E-state index in [2.05, 4.69) is 15.6 Å². The van der Waals surface area contributed by atoms with E-state index >= 15 is 0 Å². The number of aryl methyl sites for hydroxylation is 1. The molecule has 0 aliphatic carbocycles. The first-order valence-electron chi connectivity index (χ1n) is 13.2. The van der Waals surface area contributed by atoms with Crippen LogP contribution in [0.25, 0.3) is 5.69 Å². The summed E-state index contributed by atoms with van der Waals surface area (Å²) in [5.74, 6) is -0.895. The van der Waals surface area contributed by atoms with Gasteiger partial charge in [-0.1, -0.05) is 37.1 Å². The number of halogens is 2. The molecule has 0 aliphatic heterocycles. The Morgan fingerprint density at radius 3 is 2.50 bits per heavy atom. The molecule has 1 aromatic heterocycles. The van der Waals surface area contributed by atoms with Gasteiger partial charge in [0.15, 0.2) is 5.78 Å². The predicted octanol–water partition coefficient (Wildman–Crippen LogP) is 6.15. The van der Waals surface area contributed by atoms with Crippen LogP contribution in [-0.4, -0.2) is 39.5 Å². The molecule has 0 fully saturated rings. The maximum atomic E-state index is 14.4. The first-order chi connectivity index (χ1) is 18.9. The van der Waals surface area contributed by atoms with Crippen LogP contribution >= 0.6 is 11.6 Å². The third kappa shape index (κ3) is 8.39. The van der Waals surface area contributed by atoms with Crippen LogP contribution in [0.4, 0.5) is 9.18 Å². The van der Waals surface area contributed by atoms with Gasteiger partial charge in [0.2, 0.25) is 5.91 Å². The van der Waals surface area contributed by atoms with Crippen LogP contribution in [0.15, 0.2) is 48.7 Å². The second-order valence-electron chi connectivity index (χ2n) is 10.6. The zero-order valence-corrected chi connectivity index (χ0v) is 24.3. The molecule has 2 aromatic carbocycles. The number of ether oxygens (including phenoxy) is 1. The molecule has 1 atom stereocenters. The third-order valence-corrected chi connectivity index (χ3v) is 6.43. The Labute approximate surface area is 239 Å². The second-order valence-corrected chi connectivity index (χ2v) is 11.1. The monoisotopic (exact) mass is 570 g/mol. The van der Waals surface area contributed by atoms with Crippen molar-refractivity contribution in [1.29, 1.82) is 0 Å². The Morgan fingerprint density at radius 1 is 1.07 bits per heavy atom. The SMILES string of the molecule is Cc1ncc(CNC(=O)[C@@H](C)CCCCNC(=O)OC(C)(C)C)n1-c1ccc(Cl)cc1C(=O)c1ccccc1F. The van der Waals surface area contributed by atoms with E-state index in [1.807, 2.05) is 6.92 Å². The summed E-state index contributed by atoms with van der Waals surface area (Å²) in [6.07, 6.45) is 3.31. The van der Waals surface area contributed by atoms with Gasteiger partial charge in [0.25, 0.3) is 0 Å². The number of carbonyl (C=O) groups is 3. The van der Waals surface area contributed by atoms with E-state index in [-0.39, 0.29) is 29.5 Å². The maximum absolute atomic E-state index is 14.4. The van der Waals surface area contributed by atoms with Crippen molar-refractivity contribution >= 4 is 29.4 Å². The minimum atomic E-state index is -0.622. The van der Waals surface area contributed by atoms with Gasteiger partial charge in [-0.3, -0.25) is 14.2 Å². The van der Waals surface area contributed by atoms with Gasteiger partial charge in [-0.2, -0.15) is 0 Å². The first-order valence-corrected chi connectivity index (χ1v) is 13.6. The number of nitrogens with one attached hydrogen (secondary N) is 2. The van der Waals surface area contributed by atoms with Crippen molar-refractivity contribution < 1.29 is 23.5 Å². The van der Waals surface area contributed by atoms with Gasteiger partial charge in [-0.05, 0) is 70.9 Å². The van der Waals surface area contributed by atoms with Crippen molar-refractivity contribution in [3.63, 3.8) is 0 Å². The number of ketones is 1. The summed E-state index contributed by atoms with van der Waals surface area (Å²) in [6.45, 7) is 9.70. The van der Waals surface area contributed by atoms with E-state index in [1.54, 1.807) is 56.7 Å². The number of unbranched alkanes of at least 4 members (excludes halogenated alkanes) is 1. The van der Waals surface area contributed by atoms with Crippen LogP contribution in [0.3, 0.4) is 0 Å². The molecule has 0 saturated heterocycles. The second kappa shape index (κ2) is 13.6. The number of nitrogens with zero attached hydrogens (tertiary/aromatic N) is 2. The lowest BCUT2D eigenvalue weighted by Gasteiger charge is -2.19. The molecule has 3 aromatic rings. The number of aromatic nitrogens is 2. The van der Waals surface area contributed by atoms with Crippen LogP contribution in [0.5, 0.6) is 0 Å². The Hall–Kier alpha value is -3.72. The standard InChI is InChI=1S/C30H36ClFN4O4/c1-19(10-8-9-15-33-29(39)40-30(3,4)5)28(38)35-18-22-17-34-20(2)36(22)26-14-13-21(31)16-24(26)27(37)23-11-6-7-12-25(23)32/h6-7,11-14,16-17,19H,8-10,15,18H2,1-5H3,(H,33,39)(H,35,38)/t19-/m0/s1. The summed E-state index contributed by atoms with van der Waals surface area (Å²) in [5, 5.41) is 6.00. The quantitative estimate of drug-likeness (QED) is 0.213. The van der Waals surface area contributed by atoms with Gasteiger partial charge in [-0.25, -0.2) is 14.2 Å². The summed E-state index contributed by atoms with van der Waals surface area (Å²) >= 11 is 6.21. The van der Waals surface area contributed by atoms with E-state index in [0.717, 1.165) is 12.8 Å². The van der Waals surface area contributed by atoms with Crippen LogP contribution in [0.1, 0.15) is 74.4 Å². The van der Waals surface area contributed by atoms with Gasteiger partial charge < -0.3 is 15.4 Å². The van der Waals surface area contributed by atoms with Crippen LogP contribution < -0.4 is 10.6 Å². The van der Waals surface area contributed by atoms with E-state index < -0.39 is 23.3 Å². The Bertz CT molecular complexity index is 1370. The lowest BCUT2D eigenvalue weighted by molar-refractivity contribution is -0.124. The zero-order chi connectivity index (χ0) is 29.4. The molecule has 0 saturated carbocycles. The molecule has 0 unspecified atom stereocenters. The average Bonchev–Trinajstić information content (AvgIpc) is 3.25. The van der Waals surface area contributed by atoms with Gasteiger partial charge in [0.1, 0.15) is 17.2 Å². The summed E-state index contributed by atoms with van der Waals surface area (Å²) in [6, 6.07) is 10.6. The van der Waals surface area contributed by atoms with Crippen molar-refractivity contribution in [2.24, 2.45) is 5.92 Å². The fraction of sp³-hybridized carbons (Fsp3) is 0.400. The molecule has 2 N–H and O–H groups in total. The number of hydrogen-bond donors (Lipinski definition) is 2. The van der Waals surface area contributed by atoms with Crippen molar-refractivity contribution in [3.8, 4) is 5.69 Å². The number of imidazole rings is 1. The molecule has 3 rings (SSSR count). The van der Waals surface area contributed by atoms with Gasteiger partial charge in [-0.15, -0.1) is 0 Å². The normalized spacial score (nSPS) is 12.1. The Kier molecular flexibility index (Phi) is 10.5. The molecule has 0 bridgehead atoms. The fourth-order valence-corrected chi connectivity index (χ4v) is 4.36. The van der Waals surface area contributed by atoms with Crippen molar-refractivity contribution in [2.45, 2.75) is 66.0 Å². The molecule has 214 valence electrons. The average molecular weight is 571 g/mol. The molecule has 40 heavy (non-hydrogen) atoms. The minimum absolute atomic E-state index is 0.0613. The molecule has 2 amide bonds. The number of alkyl carbamates (subject to hydrolysis) is 1. The van der Waals surface area contributed by atoms with Crippen LogP contribution in [0.2, 0.25) is 5.02 Å². The Morgan fingerprint density at radius 2 is 1.80 bits per heavy atom. The molecule has 0 spiro atoms. The summed E-state index contributed by atoms with van der Waals surface area (Å²) in [4.78, 5) is 42.2. The number of carbonyl (C=O) groups excluding carboxylic acids is 3. The van der Waals surface area contributed by atoms with Gasteiger partial charge in [0, 0.05) is 23.0 Å². The topological polar surface area (TPSA) is 102 Å². The molecule has 0 radical (unpaired) electrons. The number of benzene rings is 2. The third-order valence-electron chi connectivity index (χ3n) is 6.20. The summed E-state index contributed by atoms with van der Waals surface area (Å²) in [5.41, 5.74) is 0.759. The first kappa shape index (κ1) is 30.8. The van der Waals surface area contributed by atoms with Crippen LogP contribution in [-0.2, 0) is 16.1 Å². The Balaban J connectivity index is 1.63. The molecular weight excluding hydrogens is 535 g/mol. The highest BCUT2D eigenvalue weighted by molar-refractivity contribution is 6.31. The molecule has 10 heteroatoms. The highest BCUT2D eigenvalue weighted by atomic mass is 35.5. The molecular formula is C30H36ClFN4O4. The highest BCUT2D eigenvalue weighted by Crippen LogP contribution is 2.26. The minimum Gasteiger partial charge on any atom is -0.444 e. The fourth-order valence-electron chi connectivity index (χ4n) is 4.18. The van der Waals surface area contributed by atoms with E-state index in [1.165, 1.54) is 24.3 Å². The zero-order valence-electron chi connectivity index (χ0n) is 23.5. The lowest BCUT2D eigenvalue weighted by Crippen LogP contribution is -2.33. The molecule has 0 aliphatic rings. The number of rotatable bonds is 11. The lowest BCUT2D eigenvalue weighted by atomic mass is 10.0. The van der Waals surface area contributed by atoms with E-state index in [0.29, 0.717) is 35.2 Å². The summed E-state index contributed by atoms with van der Waals surface area (Å²) in [7, 11) is 0. The van der Waals surface area contributed by atoms with E-state index in [4.69, 9.17) is 16.3 Å². The largest absolute Gasteiger partial charge is 0.444 e. The van der Waals surface area contributed by atoms with E-state index in [9.17, 15) is 18.8 Å². The number of hydrogen-bond acceptors (Lipinski definition) is 5.